The molecule has 0 aliphatic carbocycles. The second-order valence-corrected chi connectivity index (χ2v) is 11.1. The van der Waals surface area contributed by atoms with Crippen LogP contribution in [0.1, 0.15) is 43.7 Å². The van der Waals surface area contributed by atoms with Crippen molar-refractivity contribution in [3.8, 4) is 5.75 Å². The van der Waals surface area contributed by atoms with Crippen molar-refractivity contribution in [1.29, 1.82) is 0 Å². The second kappa shape index (κ2) is 12.1. The highest BCUT2D eigenvalue weighted by Crippen LogP contribution is 2.41. The Balaban J connectivity index is 1.10. The SMILES string of the molecule is CCOc1ccccc1C=CC(=O)N1CCC2(CC1)CCN(C(=O)C1CC(=O)N(CCc3ccccc3)C1)C2. The fourth-order valence-electron chi connectivity index (χ4n) is 6.23. The monoisotopic (exact) mass is 529 g/mol. The lowest BCUT2D eigenvalue weighted by Gasteiger charge is -2.39. The molecule has 0 N–H and O–H groups in total. The molecule has 3 heterocycles. The zero-order valence-corrected chi connectivity index (χ0v) is 22.9. The van der Waals surface area contributed by atoms with Gasteiger partial charge in [-0.05, 0) is 55.7 Å². The third kappa shape index (κ3) is 6.35. The molecule has 3 fully saturated rings. The Morgan fingerprint density at radius 1 is 0.974 bits per heavy atom. The number of piperidine rings is 1. The zero-order chi connectivity index (χ0) is 27.2. The Hall–Kier alpha value is -3.61. The molecule has 2 aromatic carbocycles. The summed E-state index contributed by atoms with van der Waals surface area (Å²) in [5.74, 6) is 0.761. The van der Waals surface area contributed by atoms with Crippen LogP contribution in [0.4, 0.5) is 0 Å². The number of hydrogen-bond donors (Lipinski definition) is 0. The van der Waals surface area contributed by atoms with Crippen LogP contribution in [0.5, 0.6) is 5.75 Å². The molecule has 5 rings (SSSR count). The van der Waals surface area contributed by atoms with Crippen molar-refractivity contribution in [1.82, 2.24) is 14.7 Å². The van der Waals surface area contributed by atoms with Crippen molar-refractivity contribution in [2.24, 2.45) is 11.3 Å². The minimum absolute atomic E-state index is 0.0159. The van der Waals surface area contributed by atoms with Crippen molar-refractivity contribution in [2.45, 2.75) is 39.0 Å². The smallest absolute Gasteiger partial charge is 0.246 e. The Bertz CT molecular complexity index is 1200. The molecule has 206 valence electrons. The molecule has 1 unspecified atom stereocenters. The number of rotatable bonds is 8. The number of carbonyl (C=O) groups is 3. The van der Waals surface area contributed by atoms with Crippen molar-refractivity contribution in [3.63, 3.8) is 0 Å². The molecule has 0 radical (unpaired) electrons. The molecule has 7 nitrogen and oxygen atoms in total. The molecule has 7 heteroatoms. The van der Waals surface area contributed by atoms with Crippen LogP contribution in [0.25, 0.3) is 6.08 Å². The van der Waals surface area contributed by atoms with E-state index < -0.39 is 0 Å². The third-order valence-corrected chi connectivity index (χ3v) is 8.59. The average Bonchev–Trinajstić information content (AvgIpc) is 3.55. The molecule has 3 saturated heterocycles. The van der Waals surface area contributed by atoms with E-state index in [2.05, 4.69) is 12.1 Å². The van der Waals surface area contributed by atoms with E-state index in [0.717, 1.165) is 50.1 Å². The Morgan fingerprint density at radius 2 is 1.67 bits per heavy atom. The van der Waals surface area contributed by atoms with Crippen LogP contribution in [0.3, 0.4) is 0 Å². The van der Waals surface area contributed by atoms with E-state index in [-0.39, 0.29) is 29.1 Å². The molecule has 3 aliphatic rings. The Labute approximate surface area is 231 Å². The first kappa shape index (κ1) is 27.0. The van der Waals surface area contributed by atoms with Gasteiger partial charge in [0.2, 0.25) is 17.7 Å². The zero-order valence-electron chi connectivity index (χ0n) is 22.9. The van der Waals surface area contributed by atoms with Gasteiger partial charge in [-0.1, -0.05) is 48.5 Å². The van der Waals surface area contributed by atoms with Gasteiger partial charge in [0.25, 0.3) is 0 Å². The van der Waals surface area contributed by atoms with E-state index in [9.17, 15) is 14.4 Å². The van der Waals surface area contributed by atoms with Crippen LogP contribution in [-0.4, -0.2) is 78.3 Å². The maximum Gasteiger partial charge on any atom is 0.246 e. The third-order valence-electron chi connectivity index (χ3n) is 8.59. The van der Waals surface area contributed by atoms with E-state index in [1.807, 2.05) is 70.2 Å². The first-order chi connectivity index (χ1) is 19.0. The molecular formula is C32H39N3O4. The summed E-state index contributed by atoms with van der Waals surface area (Å²) in [5.41, 5.74) is 2.18. The molecule has 1 spiro atoms. The molecule has 0 aromatic heterocycles. The average molecular weight is 530 g/mol. The highest BCUT2D eigenvalue weighted by atomic mass is 16.5. The molecule has 3 amide bonds. The van der Waals surface area contributed by atoms with E-state index in [0.29, 0.717) is 39.2 Å². The number of amides is 3. The Morgan fingerprint density at radius 3 is 2.41 bits per heavy atom. The minimum Gasteiger partial charge on any atom is -0.493 e. The van der Waals surface area contributed by atoms with E-state index in [1.165, 1.54) is 5.56 Å². The van der Waals surface area contributed by atoms with Crippen molar-refractivity contribution in [2.75, 3.05) is 45.9 Å². The molecular weight excluding hydrogens is 490 g/mol. The number of hydrogen-bond acceptors (Lipinski definition) is 4. The number of para-hydroxylation sites is 1. The lowest BCUT2D eigenvalue weighted by atomic mass is 9.77. The fraction of sp³-hybridized carbons (Fsp3) is 0.469. The van der Waals surface area contributed by atoms with Crippen LogP contribution in [0, 0.1) is 11.3 Å². The molecule has 3 aliphatic heterocycles. The minimum atomic E-state index is -0.241. The van der Waals surface area contributed by atoms with Gasteiger partial charge in [-0.25, -0.2) is 0 Å². The normalized spacial score (nSPS) is 20.8. The van der Waals surface area contributed by atoms with Gasteiger partial charge >= 0.3 is 0 Å². The molecule has 2 aromatic rings. The highest BCUT2D eigenvalue weighted by Gasteiger charge is 2.45. The van der Waals surface area contributed by atoms with Crippen LogP contribution in [-0.2, 0) is 20.8 Å². The summed E-state index contributed by atoms with van der Waals surface area (Å²) in [6.07, 6.45) is 7.37. The quantitative estimate of drug-likeness (QED) is 0.484. The summed E-state index contributed by atoms with van der Waals surface area (Å²) in [6, 6.07) is 17.9. The Kier molecular flexibility index (Phi) is 8.34. The van der Waals surface area contributed by atoms with Crippen LogP contribution < -0.4 is 4.74 Å². The van der Waals surface area contributed by atoms with Gasteiger partial charge in [0.1, 0.15) is 5.75 Å². The topological polar surface area (TPSA) is 70.2 Å². The van der Waals surface area contributed by atoms with Gasteiger partial charge in [0.05, 0.1) is 12.5 Å². The largest absolute Gasteiger partial charge is 0.493 e. The summed E-state index contributed by atoms with van der Waals surface area (Å²) < 4.78 is 5.66. The first-order valence-electron chi connectivity index (χ1n) is 14.3. The van der Waals surface area contributed by atoms with Gasteiger partial charge in [0, 0.05) is 57.3 Å². The van der Waals surface area contributed by atoms with Crippen LogP contribution >= 0.6 is 0 Å². The van der Waals surface area contributed by atoms with Gasteiger partial charge in [0.15, 0.2) is 0 Å². The molecule has 0 bridgehead atoms. The number of nitrogens with zero attached hydrogens (tertiary/aromatic N) is 3. The molecule has 39 heavy (non-hydrogen) atoms. The predicted molar refractivity (Wildman–Crippen MR) is 151 cm³/mol. The van der Waals surface area contributed by atoms with Gasteiger partial charge in [-0.15, -0.1) is 0 Å². The van der Waals surface area contributed by atoms with Gasteiger partial charge in [-0.3, -0.25) is 14.4 Å². The summed E-state index contributed by atoms with van der Waals surface area (Å²) in [7, 11) is 0. The van der Waals surface area contributed by atoms with Gasteiger partial charge in [-0.2, -0.15) is 0 Å². The first-order valence-corrected chi connectivity index (χ1v) is 14.3. The highest BCUT2D eigenvalue weighted by molar-refractivity contribution is 5.92. The molecule has 1 atom stereocenters. The van der Waals surface area contributed by atoms with Crippen molar-refractivity contribution in [3.05, 3.63) is 71.8 Å². The lowest BCUT2D eigenvalue weighted by molar-refractivity contribution is -0.135. The number of ether oxygens (including phenoxy) is 1. The number of benzene rings is 2. The maximum atomic E-state index is 13.4. The summed E-state index contributed by atoms with van der Waals surface area (Å²) in [5, 5.41) is 0. The number of carbonyl (C=O) groups excluding carboxylic acids is 3. The molecule has 0 saturated carbocycles. The number of likely N-dealkylation sites (tertiary alicyclic amines) is 3. The summed E-state index contributed by atoms with van der Waals surface area (Å²) in [6.45, 7) is 6.59. The predicted octanol–water partition coefficient (Wildman–Crippen LogP) is 4.03. The van der Waals surface area contributed by atoms with E-state index in [4.69, 9.17) is 4.74 Å². The van der Waals surface area contributed by atoms with Crippen molar-refractivity contribution >= 4 is 23.8 Å². The lowest BCUT2D eigenvalue weighted by Crippen LogP contribution is -2.44. The van der Waals surface area contributed by atoms with Gasteiger partial charge < -0.3 is 19.4 Å². The van der Waals surface area contributed by atoms with E-state index >= 15 is 0 Å². The van der Waals surface area contributed by atoms with Crippen molar-refractivity contribution < 1.29 is 19.1 Å². The summed E-state index contributed by atoms with van der Waals surface area (Å²) in [4.78, 5) is 44.6. The fourth-order valence-corrected chi connectivity index (χ4v) is 6.23. The standard InChI is InChI=1S/C32H39N3O4/c1-2-39-28-11-7-6-10-26(28)12-13-29(36)33-19-15-32(16-20-33)17-21-35(24-32)31(38)27-22-30(37)34(23-27)18-14-25-8-4-3-5-9-25/h3-13,27H,2,14-24H2,1H3. The second-order valence-electron chi connectivity index (χ2n) is 11.1. The summed E-state index contributed by atoms with van der Waals surface area (Å²) >= 11 is 0. The maximum absolute atomic E-state index is 13.4. The van der Waals surface area contributed by atoms with E-state index in [1.54, 1.807) is 6.08 Å². The van der Waals surface area contributed by atoms with Crippen LogP contribution in [0.2, 0.25) is 0 Å². The van der Waals surface area contributed by atoms with Crippen LogP contribution in [0.15, 0.2) is 60.7 Å².